The van der Waals surface area contributed by atoms with Crippen LogP contribution in [0.5, 0.6) is 0 Å². The molecule has 1 aromatic rings. The number of benzene rings is 1. The number of amides is 1. The number of nitrogens with zero attached hydrogens (tertiary/aromatic N) is 1. The zero-order valence-electron chi connectivity index (χ0n) is 11.5. The van der Waals surface area contributed by atoms with Gasteiger partial charge < -0.3 is 10.0 Å². The van der Waals surface area contributed by atoms with Crippen LogP contribution in [-0.2, 0) is 11.2 Å². The second-order valence-corrected chi connectivity index (χ2v) is 6.23. The third-order valence-corrected chi connectivity index (χ3v) is 4.43. The summed E-state index contributed by atoms with van der Waals surface area (Å²) in [4.78, 5) is 14.2. The maximum Gasteiger partial charge on any atom is 0.227 e. The Balaban J connectivity index is 2.05. The molecule has 0 spiro atoms. The largest absolute Gasteiger partial charge is 0.393 e. The normalized spacial score (nSPS) is 20.2. The van der Waals surface area contributed by atoms with Gasteiger partial charge in [0, 0.05) is 17.1 Å². The van der Waals surface area contributed by atoms with Crippen LogP contribution in [0.3, 0.4) is 0 Å². The topological polar surface area (TPSA) is 40.5 Å². The number of hydrogen-bond acceptors (Lipinski definition) is 2. The summed E-state index contributed by atoms with van der Waals surface area (Å²) in [5, 5.41) is 9.49. The lowest BCUT2D eigenvalue weighted by atomic mass is 10.1. The molecule has 1 fully saturated rings. The van der Waals surface area contributed by atoms with Crippen molar-refractivity contribution in [1.29, 1.82) is 0 Å². The highest BCUT2D eigenvalue weighted by Gasteiger charge is 2.29. The Hall–Kier alpha value is -0.940. The number of aliphatic hydroxyl groups excluding tert-OH is 1. The van der Waals surface area contributed by atoms with Crippen molar-refractivity contribution in [2.24, 2.45) is 0 Å². The minimum absolute atomic E-state index is 0.000509. The number of carbonyl (C=O) groups excluding carboxylic acids is 1. The van der Waals surface area contributed by atoms with E-state index in [4.69, 9.17) is 0 Å². The zero-order chi connectivity index (χ0) is 14.7. The van der Waals surface area contributed by atoms with Gasteiger partial charge in [-0.2, -0.15) is 0 Å². The van der Waals surface area contributed by atoms with E-state index < -0.39 is 6.10 Å². The molecule has 0 radical (unpaired) electrons. The van der Waals surface area contributed by atoms with E-state index in [2.05, 4.69) is 15.9 Å². The summed E-state index contributed by atoms with van der Waals surface area (Å²) in [6.07, 6.45) is 2.29. The molecule has 3 nitrogen and oxygen atoms in total. The van der Waals surface area contributed by atoms with Crippen LogP contribution in [0.2, 0.25) is 0 Å². The highest BCUT2D eigenvalue weighted by atomic mass is 79.9. The first-order valence-electron chi connectivity index (χ1n) is 6.89. The molecule has 1 aliphatic rings. The standard InChI is InChI=1S/C15H19BrFNO2/c1-10(19)7-13-3-2-6-18(13)15(20)9-11-8-12(17)4-5-14(11)16/h4-5,8,10,13,19H,2-3,6-7,9H2,1H3. The van der Waals surface area contributed by atoms with Crippen LogP contribution in [0, 0.1) is 5.82 Å². The lowest BCUT2D eigenvalue weighted by Gasteiger charge is -2.26. The molecule has 1 N–H and O–H groups in total. The van der Waals surface area contributed by atoms with E-state index in [9.17, 15) is 14.3 Å². The van der Waals surface area contributed by atoms with Crippen LogP contribution in [-0.4, -0.2) is 34.6 Å². The SMILES string of the molecule is CC(O)CC1CCCN1C(=O)Cc1cc(F)ccc1Br. The second kappa shape index (κ2) is 6.68. The summed E-state index contributed by atoms with van der Waals surface area (Å²) in [5.41, 5.74) is 0.665. The Bertz CT molecular complexity index is 493. The fourth-order valence-electron chi connectivity index (χ4n) is 2.75. The molecule has 2 atom stereocenters. The molecule has 2 unspecified atom stereocenters. The Morgan fingerprint density at radius 1 is 1.60 bits per heavy atom. The van der Waals surface area contributed by atoms with Gasteiger partial charge in [0.25, 0.3) is 0 Å². The van der Waals surface area contributed by atoms with E-state index in [1.807, 2.05) is 4.90 Å². The summed E-state index contributed by atoms with van der Waals surface area (Å²) < 4.78 is 14.0. The van der Waals surface area contributed by atoms with E-state index in [0.29, 0.717) is 12.0 Å². The van der Waals surface area contributed by atoms with Crippen molar-refractivity contribution in [2.75, 3.05) is 6.54 Å². The summed E-state index contributed by atoms with van der Waals surface area (Å²) in [7, 11) is 0. The maximum atomic E-state index is 13.2. The van der Waals surface area contributed by atoms with Gasteiger partial charge in [-0.3, -0.25) is 4.79 Å². The molecule has 5 heteroatoms. The summed E-state index contributed by atoms with van der Waals surface area (Å²) in [6.45, 7) is 2.47. The lowest BCUT2D eigenvalue weighted by molar-refractivity contribution is -0.131. The third kappa shape index (κ3) is 3.79. The molecule has 0 bridgehead atoms. The van der Waals surface area contributed by atoms with E-state index in [0.717, 1.165) is 23.9 Å². The van der Waals surface area contributed by atoms with Gasteiger partial charge in [-0.1, -0.05) is 15.9 Å². The number of hydrogen-bond donors (Lipinski definition) is 1. The summed E-state index contributed by atoms with van der Waals surface area (Å²) in [5.74, 6) is -0.336. The molecule has 20 heavy (non-hydrogen) atoms. The van der Waals surface area contributed by atoms with Gasteiger partial charge in [0.05, 0.1) is 12.5 Å². The second-order valence-electron chi connectivity index (χ2n) is 5.38. The summed E-state index contributed by atoms with van der Waals surface area (Å²) >= 11 is 3.35. The number of aliphatic hydroxyl groups is 1. The van der Waals surface area contributed by atoms with E-state index >= 15 is 0 Å². The average Bonchev–Trinajstić information content (AvgIpc) is 2.81. The van der Waals surface area contributed by atoms with Gasteiger partial charge in [-0.15, -0.1) is 0 Å². The van der Waals surface area contributed by atoms with Gasteiger partial charge in [0.1, 0.15) is 5.82 Å². The first-order chi connectivity index (χ1) is 9.47. The van der Waals surface area contributed by atoms with Gasteiger partial charge in [0.15, 0.2) is 0 Å². The van der Waals surface area contributed by atoms with Crippen molar-refractivity contribution >= 4 is 21.8 Å². The van der Waals surface area contributed by atoms with Gasteiger partial charge in [-0.05, 0) is 49.9 Å². The fraction of sp³-hybridized carbons (Fsp3) is 0.533. The fourth-order valence-corrected chi connectivity index (χ4v) is 3.13. The van der Waals surface area contributed by atoms with Crippen LogP contribution in [0.1, 0.15) is 31.7 Å². The Morgan fingerprint density at radius 3 is 3.05 bits per heavy atom. The third-order valence-electron chi connectivity index (χ3n) is 3.66. The van der Waals surface area contributed by atoms with Crippen LogP contribution >= 0.6 is 15.9 Å². The molecule has 1 heterocycles. The summed E-state index contributed by atoms with van der Waals surface area (Å²) in [6, 6.07) is 4.48. The molecule has 0 aliphatic carbocycles. The Kier molecular flexibility index (Phi) is 5.16. The quantitative estimate of drug-likeness (QED) is 0.913. The highest BCUT2D eigenvalue weighted by molar-refractivity contribution is 9.10. The zero-order valence-corrected chi connectivity index (χ0v) is 13.1. The first-order valence-corrected chi connectivity index (χ1v) is 7.68. The van der Waals surface area contributed by atoms with Crippen molar-refractivity contribution in [3.63, 3.8) is 0 Å². The van der Waals surface area contributed by atoms with E-state index in [-0.39, 0.29) is 24.2 Å². The molecular formula is C15H19BrFNO2. The van der Waals surface area contributed by atoms with Crippen LogP contribution in [0.15, 0.2) is 22.7 Å². The Morgan fingerprint density at radius 2 is 2.35 bits per heavy atom. The smallest absolute Gasteiger partial charge is 0.227 e. The molecule has 0 saturated carbocycles. The number of halogens is 2. The van der Waals surface area contributed by atoms with Crippen molar-refractivity contribution in [3.05, 3.63) is 34.1 Å². The molecule has 1 aliphatic heterocycles. The van der Waals surface area contributed by atoms with Crippen molar-refractivity contribution in [2.45, 2.75) is 44.8 Å². The van der Waals surface area contributed by atoms with E-state index in [1.54, 1.807) is 13.0 Å². The van der Waals surface area contributed by atoms with E-state index in [1.165, 1.54) is 12.1 Å². The monoisotopic (exact) mass is 343 g/mol. The van der Waals surface area contributed by atoms with Crippen LogP contribution < -0.4 is 0 Å². The maximum absolute atomic E-state index is 13.2. The van der Waals surface area contributed by atoms with Crippen LogP contribution in [0.25, 0.3) is 0 Å². The molecule has 2 rings (SSSR count). The number of likely N-dealkylation sites (tertiary alicyclic amines) is 1. The molecule has 1 saturated heterocycles. The lowest BCUT2D eigenvalue weighted by Crippen LogP contribution is -2.38. The molecule has 0 aromatic heterocycles. The van der Waals surface area contributed by atoms with Crippen molar-refractivity contribution in [3.8, 4) is 0 Å². The van der Waals surface area contributed by atoms with Gasteiger partial charge >= 0.3 is 0 Å². The predicted octanol–water partition coefficient (Wildman–Crippen LogP) is 2.89. The Labute approximate surface area is 126 Å². The van der Waals surface area contributed by atoms with Crippen molar-refractivity contribution in [1.82, 2.24) is 4.90 Å². The first kappa shape index (κ1) is 15.4. The molecule has 1 aromatic carbocycles. The predicted molar refractivity (Wildman–Crippen MR) is 78.8 cm³/mol. The molecule has 110 valence electrons. The van der Waals surface area contributed by atoms with Gasteiger partial charge in [-0.25, -0.2) is 4.39 Å². The number of carbonyl (C=O) groups is 1. The van der Waals surface area contributed by atoms with Gasteiger partial charge in [0.2, 0.25) is 5.91 Å². The average molecular weight is 344 g/mol. The molecule has 1 amide bonds. The minimum Gasteiger partial charge on any atom is -0.393 e. The van der Waals surface area contributed by atoms with Crippen LogP contribution in [0.4, 0.5) is 4.39 Å². The minimum atomic E-state index is -0.408. The number of rotatable bonds is 4. The highest BCUT2D eigenvalue weighted by Crippen LogP contribution is 2.24. The van der Waals surface area contributed by atoms with Crippen molar-refractivity contribution < 1.29 is 14.3 Å². The molecular weight excluding hydrogens is 325 g/mol.